The number of anilines is 1. The first-order valence-corrected chi connectivity index (χ1v) is 11.2. The molecule has 0 aliphatic heterocycles. The van der Waals surface area contributed by atoms with Crippen LogP contribution in [0, 0.1) is 0 Å². The van der Waals surface area contributed by atoms with Gasteiger partial charge in [-0.25, -0.2) is 0 Å². The number of hydrogen-bond acceptors (Lipinski definition) is 6. The molecule has 0 aliphatic rings. The van der Waals surface area contributed by atoms with Crippen molar-refractivity contribution in [2.75, 3.05) is 32.2 Å². The van der Waals surface area contributed by atoms with Crippen molar-refractivity contribution >= 4 is 29.3 Å². The number of carbonyl (C=O) groups excluding carboxylic acids is 2. The van der Waals surface area contributed by atoms with E-state index in [4.69, 9.17) is 0 Å². The summed E-state index contributed by atoms with van der Waals surface area (Å²) in [6.45, 7) is 5.14. The van der Waals surface area contributed by atoms with Gasteiger partial charge in [-0.3, -0.25) is 14.5 Å². The molecule has 9 heteroatoms. The number of benzene rings is 1. The Bertz CT molecular complexity index is 835. The minimum absolute atomic E-state index is 0.126. The molecule has 0 saturated heterocycles. The van der Waals surface area contributed by atoms with Crippen LogP contribution in [0.25, 0.3) is 0 Å². The molecular weight excluding hydrogens is 400 g/mol. The average Bonchev–Trinajstić information content (AvgIpc) is 3.13. The van der Waals surface area contributed by atoms with Crippen LogP contribution < -0.4 is 10.6 Å². The number of hydrogen-bond donors (Lipinski definition) is 2. The van der Waals surface area contributed by atoms with Crippen molar-refractivity contribution in [3.8, 4) is 0 Å². The molecule has 2 aromatic rings. The van der Waals surface area contributed by atoms with Gasteiger partial charge in [0.1, 0.15) is 0 Å². The molecule has 0 aliphatic carbocycles. The van der Waals surface area contributed by atoms with Gasteiger partial charge in [0.25, 0.3) is 5.91 Å². The number of unbranched alkanes of at least 4 members (excludes halogenated alkanes) is 1. The Morgan fingerprint density at radius 2 is 1.87 bits per heavy atom. The summed E-state index contributed by atoms with van der Waals surface area (Å²) in [5, 5.41) is 15.0. The maximum absolute atomic E-state index is 12.4. The largest absolute Gasteiger partial charge is 0.355 e. The highest BCUT2D eigenvalue weighted by atomic mass is 32.2. The van der Waals surface area contributed by atoms with E-state index in [1.54, 1.807) is 31.3 Å². The van der Waals surface area contributed by atoms with E-state index in [-0.39, 0.29) is 23.6 Å². The van der Waals surface area contributed by atoms with Crippen molar-refractivity contribution in [3.63, 3.8) is 0 Å². The van der Waals surface area contributed by atoms with E-state index >= 15 is 0 Å². The summed E-state index contributed by atoms with van der Waals surface area (Å²) in [7, 11) is 5.67. The quantitative estimate of drug-likeness (QED) is 0.530. The molecule has 30 heavy (non-hydrogen) atoms. The second-order valence-electron chi connectivity index (χ2n) is 7.23. The van der Waals surface area contributed by atoms with Crippen molar-refractivity contribution in [3.05, 3.63) is 35.7 Å². The van der Waals surface area contributed by atoms with Gasteiger partial charge < -0.3 is 15.2 Å². The van der Waals surface area contributed by atoms with Gasteiger partial charge in [-0.1, -0.05) is 32.0 Å². The number of carbonyl (C=O) groups is 2. The third-order valence-corrected chi connectivity index (χ3v) is 5.75. The van der Waals surface area contributed by atoms with E-state index in [9.17, 15) is 9.59 Å². The summed E-state index contributed by atoms with van der Waals surface area (Å²) >= 11 is 1.39. The van der Waals surface area contributed by atoms with E-state index in [1.165, 1.54) is 11.8 Å². The number of nitrogens with zero attached hydrogens (tertiary/aromatic N) is 4. The molecule has 2 N–H and O–H groups in total. The predicted octanol–water partition coefficient (Wildman–Crippen LogP) is 3.18. The zero-order chi connectivity index (χ0) is 22.1. The summed E-state index contributed by atoms with van der Waals surface area (Å²) in [5.41, 5.74) is 1.20. The fourth-order valence-electron chi connectivity index (χ4n) is 3.13. The Balaban J connectivity index is 2.04. The number of amides is 2. The fourth-order valence-corrected chi connectivity index (χ4v) is 3.91. The second-order valence-corrected chi connectivity index (χ2v) is 8.17. The van der Waals surface area contributed by atoms with E-state index in [1.807, 2.05) is 14.1 Å². The van der Waals surface area contributed by atoms with Gasteiger partial charge in [-0.15, -0.1) is 10.2 Å². The van der Waals surface area contributed by atoms with Crippen LogP contribution in [-0.4, -0.2) is 58.4 Å². The Hall–Kier alpha value is -2.39. The lowest BCUT2D eigenvalue weighted by Crippen LogP contribution is -2.23. The highest BCUT2D eigenvalue weighted by Gasteiger charge is 2.22. The Kier molecular flexibility index (Phi) is 9.32. The zero-order valence-electron chi connectivity index (χ0n) is 18.4. The molecule has 0 saturated carbocycles. The van der Waals surface area contributed by atoms with Crippen LogP contribution in [-0.2, 0) is 11.3 Å². The highest BCUT2D eigenvalue weighted by Crippen LogP contribution is 2.25. The van der Waals surface area contributed by atoms with Crippen molar-refractivity contribution in [1.82, 2.24) is 25.0 Å². The SMILES string of the molecule is CCCCn1c(SCC(=O)Nc2ccc(C(=O)NC)cc2)nnc1C(CC)N(C)C. The minimum Gasteiger partial charge on any atom is -0.355 e. The monoisotopic (exact) mass is 432 g/mol. The standard InChI is InChI=1S/C21H32N6O2S/c1-6-8-13-27-19(17(7-2)26(4)5)24-25-21(27)30-14-18(28)23-16-11-9-15(10-12-16)20(29)22-3/h9-12,17H,6-8,13-14H2,1-5H3,(H,22,29)(H,23,28). The smallest absolute Gasteiger partial charge is 0.251 e. The molecule has 1 aromatic carbocycles. The van der Waals surface area contributed by atoms with E-state index in [2.05, 4.69) is 44.1 Å². The first-order chi connectivity index (χ1) is 14.4. The van der Waals surface area contributed by atoms with E-state index in [0.717, 1.165) is 36.8 Å². The lowest BCUT2D eigenvalue weighted by atomic mass is 10.2. The maximum Gasteiger partial charge on any atom is 0.251 e. The van der Waals surface area contributed by atoms with Crippen LogP contribution in [0.1, 0.15) is 55.3 Å². The molecule has 0 fully saturated rings. The summed E-state index contributed by atoms with van der Waals surface area (Å²) in [5.74, 6) is 0.900. The van der Waals surface area contributed by atoms with E-state index in [0.29, 0.717) is 11.3 Å². The zero-order valence-corrected chi connectivity index (χ0v) is 19.3. The van der Waals surface area contributed by atoms with Gasteiger partial charge in [0.15, 0.2) is 11.0 Å². The van der Waals surface area contributed by atoms with E-state index < -0.39 is 0 Å². The lowest BCUT2D eigenvalue weighted by Gasteiger charge is -2.23. The molecule has 1 aromatic heterocycles. The Morgan fingerprint density at radius 1 is 1.17 bits per heavy atom. The van der Waals surface area contributed by atoms with Gasteiger partial charge >= 0.3 is 0 Å². The van der Waals surface area contributed by atoms with Crippen LogP contribution in [0.5, 0.6) is 0 Å². The number of thioether (sulfide) groups is 1. The van der Waals surface area contributed by atoms with Crippen molar-refractivity contribution < 1.29 is 9.59 Å². The normalized spacial score (nSPS) is 12.1. The van der Waals surface area contributed by atoms with Crippen LogP contribution in [0.15, 0.2) is 29.4 Å². The van der Waals surface area contributed by atoms with Gasteiger partial charge in [-0.05, 0) is 51.2 Å². The summed E-state index contributed by atoms with van der Waals surface area (Å²) in [6.07, 6.45) is 3.05. The topological polar surface area (TPSA) is 92.2 Å². The predicted molar refractivity (Wildman–Crippen MR) is 121 cm³/mol. The molecule has 0 spiro atoms. The molecule has 2 amide bonds. The number of aromatic nitrogens is 3. The molecule has 0 bridgehead atoms. The van der Waals surface area contributed by atoms with Gasteiger partial charge in [0.05, 0.1) is 11.8 Å². The number of rotatable bonds is 11. The maximum atomic E-state index is 12.4. The Morgan fingerprint density at radius 3 is 2.43 bits per heavy atom. The highest BCUT2D eigenvalue weighted by molar-refractivity contribution is 7.99. The van der Waals surface area contributed by atoms with Gasteiger partial charge in [-0.2, -0.15) is 0 Å². The molecule has 0 radical (unpaired) electrons. The Labute approximate surface area is 182 Å². The van der Waals surface area contributed by atoms with Crippen molar-refractivity contribution in [2.45, 2.75) is 50.9 Å². The first kappa shape index (κ1) is 23.9. The molecule has 1 heterocycles. The third-order valence-electron chi connectivity index (χ3n) is 4.78. The van der Waals surface area contributed by atoms with Crippen molar-refractivity contribution in [2.24, 2.45) is 0 Å². The molecule has 164 valence electrons. The molecule has 1 atom stereocenters. The third kappa shape index (κ3) is 6.30. The average molecular weight is 433 g/mol. The van der Waals surface area contributed by atoms with Crippen LogP contribution >= 0.6 is 11.8 Å². The fraction of sp³-hybridized carbons (Fsp3) is 0.524. The molecule has 1 unspecified atom stereocenters. The van der Waals surface area contributed by atoms with Crippen LogP contribution in [0.2, 0.25) is 0 Å². The van der Waals surface area contributed by atoms with Gasteiger partial charge in [0, 0.05) is 24.8 Å². The summed E-state index contributed by atoms with van der Waals surface area (Å²) < 4.78 is 2.15. The molecule has 2 rings (SSSR count). The lowest BCUT2D eigenvalue weighted by molar-refractivity contribution is -0.113. The van der Waals surface area contributed by atoms with Gasteiger partial charge in [0.2, 0.25) is 5.91 Å². The van der Waals surface area contributed by atoms with Crippen LogP contribution in [0.3, 0.4) is 0 Å². The molecular formula is C21H32N6O2S. The summed E-state index contributed by atoms with van der Waals surface area (Å²) in [6, 6.07) is 7.00. The molecule has 8 nitrogen and oxygen atoms in total. The van der Waals surface area contributed by atoms with Crippen molar-refractivity contribution in [1.29, 1.82) is 0 Å². The summed E-state index contributed by atoms with van der Waals surface area (Å²) in [4.78, 5) is 26.2. The number of nitrogens with one attached hydrogen (secondary N) is 2. The van der Waals surface area contributed by atoms with Crippen LogP contribution in [0.4, 0.5) is 5.69 Å². The second kappa shape index (κ2) is 11.7. The first-order valence-electron chi connectivity index (χ1n) is 10.3. The minimum atomic E-state index is -0.159.